The van der Waals surface area contributed by atoms with E-state index >= 15 is 0 Å². The van der Waals surface area contributed by atoms with Gasteiger partial charge in [0.25, 0.3) is 0 Å². The van der Waals surface area contributed by atoms with Crippen molar-refractivity contribution < 1.29 is 19.8 Å². The summed E-state index contributed by atoms with van der Waals surface area (Å²) in [5, 5.41) is 22.1. The SMILES string of the molecule is CC(Cn1ccnc1)NC(=O)N[C@@H](CO)C(=O)O. The number of aliphatic carboxylic acids is 1. The fraction of sp³-hybridized carbons (Fsp3) is 0.500. The summed E-state index contributed by atoms with van der Waals surface area (Å²) >= 11 is 0. The van der Waals surface area contributed by atoms with Crippen LogP contribution < -0.4 is 10.6 Å². The predicted octanol–water partition coefficient (Wildman–Crippen LogP) is -0.984. The van der Waals surface area contributed by atoms with Gasteiger partial charge in [-0.15, -0.1) is 0 Å². The molecule has 0 spiro atoms. The van der Waals surface area contributed by atoms with Crippen molar-refractivity contribution in [3.63, 3.8) is 0 Å². The van der Waals surface area contributed by atoms with Crippen LogP contribution in [0.2, 0.25) is 0 Å². The van der Waals surface area contributed by atoms with Crippen molar-refractivity contribution in [2.45, 2.75) is 25.6 Å². The summed E-state index contributed by atoms with van der Waals surface area (Å²) in [6.07, 6.45) is 4.99. The Morgan fingerprint density at radius 1 is 1.44 bits per heavy atom. The summed E-state index contributed by atoms with van der Waals surface area (Å²) in [6.45, 7) is 1.64. The van der Waals surface area contributed by atoms with Gasteiger partial charge in [0.05, 0.1) is 12.9 Å². The van der Waals surface area contributed by atoms with Gasteiger partial charge in [-0.25, -0.2) is 14.6 Å². The van der Waals surface area contributed by atoms with Gasteiger partial charge >= 0.3 is 12.0 Å². The molecule has 1 rings (SSSR count). The molecule has 0 bridgehead atoms. The number of nitrogens with zero attached hydrogens (tertiary/aromatic N) is 2. The van der Waals surface area contributed by atoms with E-state index in [1.54, 1.807) is 30.2 Å². The van der Waals surface area contributed by atoms with E-state index in [0.29, 0.717) is 6.54 Å². The number of carbonyl (C=O) groups excluding carboxylic acids is 1. The van der Waals surface area contributed by atoms with E-state index in [9.17, 15) is 9.59 Å². The van der Waals surface area contributed by atoms with Gasteiger partial charge in [0.2, 0.25) is 0 Å². The van der Waals surface area contributed by atoms with Gasteiger partial charge < -0.3 is 25.4 Å². The highest BCUT2D eigenvalue weighted by molar-refractivity contribution is 5.82. The normalized spacial score (nSPS) is 13.7. The quantitative estimate of drug-likeness (QED) is 0.522. The number of carboxylic acids is 1. The zero-order valence-corrected chi connectivity index (χ0v) is 9.91. The Labute approximate surface area is 104 Å². The van der Waals surface area contributed by atoms with Crippen molar-refractivity contribution in [2.75, 3.05) is 6.61 Å². The highest BCUT2D eigenvalue weighted by atomic mass is 16.4. The third-order valence-electron chi connectivity index (χ3n) is 2.21. The molecule has 0 saturated heterocycles. The number of aromatic nitrogens is 2. The number of aliphatic hydroxyl groups is 1. The monoisotopic (exact) mass is 256 g/mol. The van der Waals surface area contributed by atoms with Gasteiger partial charge in [-0.1, -0.05) is 0 Å². The molecule has 4 N–H and O–H groups in total. The molecule has 1 aromatic heterocycles. The number of aliphatic hydroxyl groups excluding tert-OH is 1. The second kappa shape index (κ2) is 6.60. The topological polar surface area (TPSA) is 116 Å². The lowest BCUT2D eigenvalue weighted by Crippen LogP contribution is -2.50. The summed E-state index contributed by atoms with van der Waals surface area (Å²) in [7, 11) is 0. The lowest BCUT2D eigenvalue weighted by Gasteiger charge is -2.17. The summed E-state index contributed by atoms with van der Waals surface area (Å²) in [4.78, 5) is 25.9. The van der Waals surface area contributed by atoms with Crippen molar-refractivity contribution >= 4 is 12.0 Å². The number of imidazole rings is 1. The van der Waals surface area contributed by atoms with Gasteiger partial charge in [0.15, 0.2) is 6.04 Å². The van der Waals surface area contributed by atoms with Gasteiger partial charge in [0.1, 0.15) is 0 Å². The molecule has 8 nitrogen and oxygen atoms in total. The molecule has 0 aromatic carbocycles. The first-order valence-electron chi connectivity index (χ1n) is 5.39. The summed E-state index contributed by atoms with van der Waals surface area (Å²) in [6, 6.07) is -2.14. The molecule has 8 heteroatoms. The standard InChI is InChI=1S/C10H16N4O4/c1-7(4-14-3-2-11-6-14)12-10(18)13-8(5-15)9(16)17/h2-3,6-8,15H,4-5H2,1H3,(H,16,17)(H2,12,13,18)/t7?,8-/m0/s1. The van der Waals surface area contributed by atoms with Crippen LogP contribution in [0, 0.1) is 0 Å². The number of nitrogens with one attached hydrogen (secondary N) is 2. The number of hydrogen-bond donors (Lipinski definition) is 4. The van der Waals surface area contributed by atoms with Crippen LogP contribution in [-0.2, 0) is 11.3 Å². The van der Waals surface area contributed by atoms with Crippen LogP contribution in [0.4, 0.5) is 4.79 Å². The second-order valence-corrected chi connectivity index (χ2v) is 3.85. The van der Waals surface area contributed by atoms with Gasteiger partial charge in [-0.2, -0.15) is 0 Å². The van der Waals surface area contributed by atoms with Gasteiger partial charge in [-0.3, -0.25) is 0 Å². The average molecular weight is 256 g/mol. The Morgan fingerprint density at radius 2 is 2.17 bits per heavy atom. The molecular weight excluding hydrogens is 240 g/mol. The summed E-state index contributed by atoms with van der Waals surface area (Å²) < 4.78 is 1.78. The molecule has 0 radical (unpaired) electrons. The Balaban J connectivity index is 2.37. The first kappa shape index (κ1) is 14.0. The van der Waals surface area contributed by atoms with E-state index in [4.69, 9.17) is 10.2 Å². The van der Waals surface area contributed by atoms with E-state index < -0.39 is 24.6 Å². The zero-order chi connectivity index (χ0) is 13.5. The Hall–Kier alpha value is -2.09. The van der Waals surface area contributed by atoms with Crippen LogP contribution in [0.5, 0.6) is 0 Å². The molecule has 1 unspecified atom stereocenters. The van der Waals surface area contributed by atoms with E-state index in [-0.39, 0.29) is 6.04 Å². The lowest BCUT2D eigenvalue weighted by molar-refractivity contribution is -0.140. The first-order valence-corrected chi connectivity index (χ1v) is 5.39. The fourth-order valence-electron chi connectivity index (χ4n) is 1.37. The van der Waals surface area contributed by atoms with Crippen LogP contribution in [0.3, 0.4) is 0 Å². The minimum Gasteiger partial charge on any atom is -0.480 e. The van der Waals surface area contributed by atoms with E-state index in [1.807, 2.05) is 0 Å². The average Bonchev–Trinajstić information content (AvgIpc) is 2.77. The fourth-order valence-corrected chi connectivity index (χ4v) is 1.37. The van der Waals surface area contributed by atoms with Crippen LogP contribution in [0.25, 0.3) is 0 Å². The third kappa shape index (κ3) is 4.42. The van der Waals surface area contributed by atoms with Gasteiger partial charge in [0, 0.05) is 25.0 Å². The van der Waals surface area contributed by atoms with Crippen molar-refractivity contribution in [3.8, 4) is 0 Å². The van der Waals surface area contributed by atoms with Crippen LogP contribution in [0.1, 0.15) is 6.92 Å². The number of carboxylic acid groups (broad SMARTS) is 1. The van der Waals surface area contributed by atoms with E-state index in [2.05, 4.69) is 15.6 Å². The van der Waals surface area contributed by atoms with Crippen molar-refractivity contribution in [1.82, 2.24) is 20.2 Å². The van der Waals surface area contributed by atoms with E-state index in [0.717, 1.165) is 0 Å². The summed E-state index contributed by atoms with van der Waals surface area (Å²) in [5.41, 5.74) is 0. The maximum absolute atomic E-state index is 11.4. The molecular formula is C10H16N4O4. The highest BCUT2D eigenvalue weighted by Gasteiger charge is 2.19. The molecule has 1 heterocycles. The van der Waals surface area contributed by atoms with E-state index in [1.165, 1.54) is 0 Å². The molecule has 0 aliphatic carbocycles. The van der Waals surface area contributed by atoms with Crippen molar-refractivity contribution in [3.05, 3.63) is 18.7 Å². The highest BCUT2D eigenvalue weighted by Crippen LogP contribution is 1.92. The number of urea groups is 1. The minimum atomic E-state index is -1.30. The molecule has 0 saturated carbocycles. The molecule has 2 atom stereocenters. The number of amides is 2. The Kier molecular flexibility index (Phi) is 5.12. The molecule has 0 aliphatic heterocycles. The maximum Gasteiger partial charge on any atom is 0.328 e. The molecule has 0 aliphatic rings. The second-order valence-electron chi connectivity index (χ2n) is 3.85. The largest absolute Gasteiger partial charge is 0.480 e. The lowest BCUT2D eigenvalue weighted by atomic mass is 10.3. The smallest absolute Gasteiger partial charge is 0.328 e. The van der Waals surface area contributed by atoms with Crippen molar-refractivity contribution in [2.24, 2.45) is 0 Å². The molecule has 18 heavy (non-hydrogen) atoms. The third-order valence-corrected chi connectivity index (χ3v) is 2.21. The molecule has 0 fully saturated rings. The first-order chi connectivity index (χ1) is 8.52. The maximum atomic E-state index is 11.4. The number of rotatable bonds is 6. The van der Waals surface area contributed by atoms with Crippen LogP contribution in [0.15, 0.2) is 18.7 Å². The van der Waals surface area contributed by atoms with Gasteiger partial charge in [-0.05, 0) is 6.92 Å². The Bertz CT molecular complexity index is 393. The minimum absolute atomic E-state index is 0.202. The zero-order valence-electron chi connectivity index (χ0n) is 9.91. The van der Waals surface area contributed by atoms with Crippen LogP contribution in [-0.4, -0.2) is 50.5 Å². The predicted molar refractivity (Wildman–Crippen MR) is 61.9 cm³/mol. The number of carbonyl (C=O) groups is 2. The van der Waals surface area contributed by atoms with Crippen LogP contribution >= 0.6 is 0 Å². The molecule has 2 amide bonds. The molecule has 100 valence electrons. The summed E-state index contributed by atoms with van der Waals surface area (Å²) in [5.74, 6) is -1.28. The Morgan fingerprint density at radius 3 is 2.67 bits per heavy atom. The molecule has 1 aromatic rings. The number of hydrogen-bond acceptors (Lipinski definition) is 4. The van der Waals surface area contributed by atoms with Crippen molar-refractivity contribution in [1.29, 1.82) is 0 Å².